The third kappa shape index (κ3) is 5.02. The van der Waals surface area contributed by atoms with E-state index in [0.717, 1.165) is 30.7 Å². The molecule has 2 atom stereocenters. The number of carbonyl (C=O) groups excluding carboxylic acids is 1. The van der Waals surface area contributed by atoms with Crippen LogP contribution in [0.3, 0.4) is 0 Å². The number of piperidine rings is 1. The predicted octanol–water partition coefficient (Wildman–Crippen LogP) is 2.05. The average molecular weight is 299 g/mol. The van der Waals surface area contributed by atoms with E-state index in [4.69, 9.17) is 4.74 Å². The van der Waals surface area contributed by atoms with Crippen molar-refractivity contribution in [1.29, 1.82) is 0 Å². The van der Waals surface area contributed by atoms with E-state index in [1.807, 2.05) is 31.2 Å². The van der Waals surface area contributed by atoms with Gasteiger partial charge < -0.3 is 15.4 Å². The standard InChI is InChI=1S/C15H22N2O2.ClH/c1-11-5-3-6-13(9-11)19-10-15(18)17-14-7-4-8-16-12(14)2;/h3,5-6,9,12,14,16H,4,7-8,10H2,1-2H3,(H,17,18);1H. The average Bonchev–Trinajstić information content (AvgIpc) is 2.39. The summed E-state index contributed by atoms with van der Waals surface area (Å²) in [7, 11) is 0. The summed E-state index contributed by atoms with van der Waals surface area (Å²) in [4.78, 5) is 11.9. The first-order valence-electron chi connectivity index (χ1n) is 6.87. The van der Waals surface area contributed by atoms with Gasteiger partial charge >= 0.3 is 0 Å². The fourth-order valence-corrected chi connectivity index (χ4v) is 2.34. The van der Waals surface area contributed by atoms with Gasteiger partial charge in [0.25, 0.3) is 5.91 Å². The molecule has 1 aliphatic heterocycles. The van der Waals surface area contributed by atoms with Crippen LogP contribution in [0.25, 0.3) is 0 Å². The summed E-state index contributed by atoms with van der Waals surface area (Å²) < 4.78 is 5.49. The van der Waals surface area contributed by atoms with E-state index in [2.05, 4.69) is 17.6 Å². The molecule has 1 saturated heterocycles. The Hall–Kier alpha value is -1.26. The van der Waals surface area contributed by atoms with Crippen LogP contribution >= 0.6 is 12.4 Å². The molecule has 1 aliphatic rings. The van der Waals surface area contributed by atoms with E-state index < -0.39 is 0 Å². The number of nitrogens with one attached hydrogen (secondary N) is 2. The Morgan fingerprint density at radius 3 is 3.00 bits per heavy atom. The van der Waals surface area contributed by atoms with Crippen molar-refractivity contribution in [2.24, 2.45) is 0 Å². The van der Waals surface area contributed by atoms with Crippen LogP contribution in [0.15, 0.2) is 24.3 Å². The molecule has 2 N–H and O–H groups in total. The van der Waals surface area contributed by atoms with E-state index >= 15 is 0 Å². The normalized spacial score (nSPS) is 21.7. The van der Waals surface area contributed by atoms with E-state index in [9.17, 15) is 4.79 Å². The Morgan fingerprint density at radius 1 is 1.50 bits per heavy atom. The zero-order valence-corrected chi connectivity index (χ0v) is 12.8. The highest BCUT2D eigenvalue weighted by molar-refractivity contribution is 5.85. The Morgan fingerprint density at radius 2 is 2.30 bits per heavy atom. The van der Waals surface area contributed by atoms with Gasteiger partial charge in [-0.2, -0.15) is 0 Å². The highest BCUT2D eigenvalue weighted by atomic mass is 35.5. The number of rotatable bonds is 4. The minimum Gasteiger partial charge on any atom is -0.484 e. The van der Waals surface area contributed by atoms with Crippen molar-refractivity contribution in [1.82, 2.24) is 10.6 Å². The molecule has 0 aromatic heterocycles. The lowest BCUT2D eigenvalue weighted by Gasteiger charge is -2.30. The lowest BCUT2D eigenvalue weighted by atomic mass is 10.00. The zero-order valence-electron chi connectivity index (χ0n) is 12.0. The lowest BCUT2D eigenvalue weighted by Crippen LogP contribution is -2.52. The third-order valence-corrected chi connectivity index (χ3v) is 3.47. The maximum absolute atomic E-state index is 11.9. The first-order valence-corrected chi connectivity index (χ1v) is 6.87. The molecule has 2 unspecified atom stereocenters. The van der Waals surface area contributed by atoms with Crippen molar-refractivity contribution in [3.63, 3.8) is 0 Å². The second kappa shape index (κ2) is 8.12. The lowest BCUT2D eigenvalue weighted by molar-refractivity contribution is -0.124. The number of ether oxygens (including phenoxy) is 1. The molecule has 5 heteroatoms. The minimum absolute atomic E-state index is 0. The number of carbonyl (C=O) groups is 1. The van der Waals surface area contributed by atoms with Crippen LogP contribution < -0.4 is 15.4 Å². The molecule has 1 aromatic carbocycles. The quantitative estimate of drug-likeness (QED) is 0.894. The molecule has 1 aromatic rings. The Bertz CT molecular complexity index is 440. The number of benzene rings is 1. The molecular weight excluding hydrogens is 276 g/mol. The fraction of sp³-hybridized carbons (Fsp3) is 0.533. The Labute approximate surface area is 126 Å². The van der Waals surface area contributed by atoms with Crippen molar-refractivity contribution in [2.75, 3.05) is 13.2 Å². The molecule has 0 saturated carbocycles. The number of aryl methyl sites for hydroxylation is 1. The van der Waals surface area contributed by atoms with Crippen LogP contribution in [-0.4, -0.2) is 31.1 Å². The van der Waals surface area contributed by atoms with Crippen LogP contribution in [0.2, 0.25) is 0 Å². The van der Waals surface area contributed by atoms with Crippen LogP contribution in [0.1, 0.15) is 25.3 Å². The molecular formula is C15H23ClN2O2. The van der Waals surface area contributed by atoms with Crippen LogP contribution in [-0.2, 0) is 4.79 Å². The number of amides is 1. The molecule has 20 heavy (non-hydrogen) atoms. The monoisotopic (exact) mass is 298 g/mol. The van der Waals surface area contributed by atoms with Gasteiger partial charge in [-0.1, -0.05) is 12.1 Å². The van der Waals surface area contributed by atoms with Gasteiger partial charge in [-0.15, -0.1) is 12.4 Å². The van der Waals surface area contributed by atoms with Gasteiger partial charge in [0.2, 0.25) is 0 Å². The van der Waals surface area contributed by atoms with Crippen LogP contribution in [0, 0.1) is 6.92 Å². The zero-order chi connectivity index (χ0) is 13.7. The molecule has 2 rings (SSSR count). The van der Waals surface area contributed by atoms with Crippen molar-refractivity contribution >= 4 is 18.3 Å². The first-order chi connectivity index (χ1) is 9.15. The smallest absolute Gasteiger partial charge is 0.258 e. The Kier molecular flexibility index (Phi) is 6.82. The molecule has 4 nitrogen and oxygen atoms in total. The topological polar surface area (TPSA) is 50.4 Å². The van der Waals surface area contributed by atoms with Gasteiger partial charge in [-0.05, 0) is 50.9 Å². The third-order valence-electron chi connectivity index (χ3n) is 3.47. The largest absolute Gasteiger partial charge is 0.484 e. The fourth-order valence-electron chi connectivity index (χ4n) is 2.34. The van der Waals surface area contributed by atoms with Gasteiger partial charge in [0.1, 0.15) is 5.75 Å². The summed E-state index contributed by atoms with van der Waals surface area (Å²) in [5.41, 5.74) is 1.13. The highest BCUT2D eigenvalue weighted by Crippen LogP contribution is 2.12. The molecule has 112 valence electrons. The SMILES string of the molecule is Cc1cccc(OCC(=O)NC2CCCNC2C)c1.Cl. The van der Waals surface area contributed by atoms with Gasteiger partial charge in [0, 0.05) is 12.1 Å². The van der Waals surface area contributed by atoms with Crippen LogP contribution in [0.4, 0.5) is 0 Å². The van der Waals surface area contributed by atoms with Crippen molar-refractivity contribution < 1.29 is 9.53 Å². The molecule has 1 heterocycles. The Balaban J connectivity index is 0.00000200. The van der Waals surface area contributed by atoms with Crippen molar-refractivity contribution in [2.45, 2.75) is 38.8 Å². The molecule has 1 fully saturated rings. The summed E-state index contributed by atoms with van der Waals surface area (Å²) in [6.45, 7) is 5.22. The summed E-state index contributed by atoms with van der Waals surface area (Å²) >= 11 is 0. The van der Waals surface area contributed by atoms with Crippen molar-refractivity contribution in [3.8, 4) is 5.75 Å². The number of hydrogen-bond donors (Lipinski definition) is 2. The number of hydrogen-bond acceptors (Lipinski definition) is 3. The van der Waals surface area contributed by atoms with E-state index in [1.54, 1.807) is 0 Å². The van der Waals surface area contributed by atoms with Gasteiger partial charge in [0.05, 0.1) is 0 Å². The second-order valence-electron chi connectivity index (χ2n) is 5.16. The van der Waals surface area contributed by atoms with Crippen molar-refractivity contribution in [3.05, 3.63) is 29.8 Å². The summed E-state index contributed by atoms with van der Waals surface area (Å²) in [6, 6.07) is 8.26. The summed E-state index contributed by atoms with van der Waals surface area (Å²) in [6.07, 6.45) is 2.14. The maximum Gasteiger partial charge on any atom is 0.258 e. The summed E-state index contributed by atoms with van der Waals surface area (Å²) in [5.74, 6) is 0.687. The molecule has 0 bridgehead atoms. The van der Waals surface area contributed by atoms with E-state index in [0.29, 0.717) is 6.04 Å². The van der Waals surface area contributed by atoms with Gasteiger partial charge in [-0.25, -0.2) is 0 Å². The maximum atomic E-state index is 11.9. The van der Waals surface area contributed by atoms with E-state index in [-0.39, 0.29) is 31.0 Å². The molecule has 1 amide bonds. The van der Waals surface area contributed by atoms with E-state index in [1.165, 1.54) is 0 Å². The second-order valence-corrected chi connectivity index (χ2v) is 5.16. The minimum atomic E-state index is -0.0537. The van der Waals surface area contributed by atoms with Gasteiger partial charge in [0.15, 0.2) is 6.61 Å². The highest BCUT2D eigenvalue weighted by Gasteiger charge is 2.22. The predicted molar refractivity (Wildman–Crippen MR) is 82.6 cm³/mol. The molecule has 0 radical (unpaired) electrons. The van der Waals surface area contributed by atoms with Crippen LogP contribution in [0.5, 0.6) is 5.75 Å². The molecule has 0 aliphatic carbocycles. The first kappa shape index (κ1) is 16.8. The molecule has 0 spiro atoms. The summed E-state index contributed by atoms with van der Waals surface area (Å²) in [5, 5.41) is 6.39. The van der Waals surface area contributed by atoms with Gasteiger partial charge in [-0.3, -0.25) is 4.79 Å². The number of halogens is 1.